The van der Waals surface area contributed by atoms with Crippen LogP contribution in [0.1, 0.15) is 71.5 Å². The molecular formula is C40H55N5O5S2. The predicted molar refractivity (Wildman–Crippen MR) is 209 cm³/mol. The fourth-order valence-electron chi connectivity index (χ4n) is 6.25. The molecule has 0 radical (unpaired) electrons. The summed E-state index contributed by atoms with van der Waals surface area (Å²) >= 11 is 1.42. The summed E-state index contributed by atoms with van der Waals surface area (Å²) in [5.41, 5.74) is 1.39. The number of hydrogen-bond acceptors (Lipinski definition) is 8. The van der Waals surface area contributed by atoms with E-state index in [1.54, 1.807) is 25.1 Å². The third-order valence-electron chi connectivity index (χ3n) is 9.04. The van der Waals surface area contributed by atoms with E-state index in [0.717, 1.165) is 26.4 Å². The molecule has 0 aliphatic carbocycles. The van der Waals surface area contributed by atoms with E-state index in [0.29, 0.717) is 0 Å². The van der Waals surface area contributed by atoms with Gasteiger partial charge in [-0.05, 0) is 74.8 Å². The van der Waals surface area contributed by atoms with Crippen LogP contribution in [0.25, 0.3) is 10.2 Å². The van der Waals surface area contributed by atoms with E-state index in [1.807, 2.05) is 116 Å². The number of nitrogens with zero attached hydrogens (tertiary/aromatic N) is 2. The number of thiazole rings is 1. The summed E-state index contributed by atoms with van der Waals surface area (Å²) in [6, 6.07) is 21.7. The highest BCUT2D eigenvalue weighted by atomic mass is 32.2. The van der Waals surface area contributed by atoms with Gasteiger partial charge in [0.2, 0.25) is 21.8 Å². The van der Waals surface area contributed by atoms with E-state index < -0.39 is 51.1 Å². The molecule has 4 atom stereocenters. The number of benzene rings is 3. The van der Waals surface area contributed by atoms with E-state index in [9.17, 15) is 23.1 Å². The van der Waals surface area contributed by atoms with Crippen LogP contribution in [0.5, 0.6) is 0 Å². The van der Waals surface area contributed by atoms with Gasteiger partial charge in [0, 0.05) is 18.6 Å². The Morgan fingerprint density at radius 3 is 2.08 bits per heavy atom. The number of fused-ring (bicyclic) bond motifs is 1. The predicted octanol–water partition coefficient (Wildman–Crippen LogP) is 5.78. The maximum absolute atomic E-state index is 14.2. The van der Waals surface area contributed by atoms with Gasteiger partial charge in [0.25, 0.3) is 0 Å². The summed E-state index contributed by atoms with van der Waals surface area (Å²) in [4.78, 5) is 32.4. The van der Waals surface area contributed by atoms with Crippen molar-refractivity contribution in [2.75, 3.05) is 13.1 Å². The summed E-state index contributed by atoms with van der Waals surface area (Å²) in [6.07, 6.45) is -1.04. The zero-order valence-corrected chi connectivity index (χ0v) is 33.4. The van der Waals surface area contributed by atoms with Gasteiger partial charge >= 0.3 is 0 Å². The van der Waals surface area contributed by atoms with Crippen molar-refractivity contribution >= 4 is 43.4 Å². The van der Waals surface area contributed by atoms with Crippen molar-refractivity contribution in [3.05, 3.63) is 95.0 Å². The number of aromatic nitrogens is 1. The fraction of sp³-hybridized carbons (Fsp3) is 0.475. The first-order valence-corrected chi connectivity index (χ1v) is 20.1. The molecule has 0 bridgehead atoms. The molecule has 1 heterocycles. The van der Waals surface area contributed by atoms with Gasteiger partial charge in [-0.3, -0.25) is 14.9 Å². The van der Waals surface area contributed by atoms with Crippen LogP contribution >= 0.6 is 11.3 Å². The molecule has 1 aromatic heterocycles. The summed E-state index contributed by atoms with van der Waals surface area (Å²) in [5, 5.41) is 22.1. The van der Waals surface area contributed by atoms with Crippen LogP contribution in [0, 0.1) is 18.3 Å². The van der Waals surface area contributed by atoms with Crippen molar-refractivity contribution in [2.45, 2.75) is 103 Å². The summed E-state index contributed by atoms with van der Waals surface area (Å²) in [5.74, 6) is -0.859. The maximum Gasteiger partial charge on any atom is 0.243 e. The van der Waals surface area contributed by atoms with Gasteiger partial charge in [-0.25, -0.2) is 13.4 Å². The fourth-order valence-corrected chi connectivity index (χ4v) is 8.84. The first kappa shape index (κ1) is 41.1. The normalized spacial score (nSPS) is 15.0. The molecule has 0 aliphatic rings. The Hall–Kier alpha value is -3.68. The van der Waals surface area contributed by atoms with Gasteiger partial charge in [0.15, 0.2) is 0 Å². The average Bonchev–Trinajstić information content (AvgIpc) is 3.45. The second kappa shape index (κ2) is 17.0. The van der Waals surface area contributed by atoms with Crippen molar-refractivity contribution in [1.29, 1.82) is 0 Å². The van der Waals surface area contributed by atoms with Gasteiger partial charge in [-0.2, -0.15) is 4.31 Å². The number of hydrogen-bond donors (Lipinski definition) is 4. The minimum Gasteiger partial charge on any atom is -0.390 e. The molecule has 12 heteroatoms. The number of carbonyl (C=O) groups is 2. The quantitative estimate of drug-likeness (QED) is 0.114. The highest BCUT2D eigenvalue weighted by molar-refractivity contribution is 7.89. The molecule has 4 rings (SSSR count). The topological polar surface area (TPSA) is 141 Å². The van der Waals surface area contributed by atoms with Crippen molar-refractivity contribution in [3.63, 3.8) is 0 Å². The first-order chi connectivity index (χ1) is 24.3. The smallest absolute Gasteiger partial charge is 0.243 e. The Labute approximate surface area is 313 Å². The van der Waals surface area contributed by atoms with Crippen LogP contribution in [-0.4, -0.2) is 71.9 Å². The minimum absolute atomic E-state index is 0.0403. The molecule has 52 heavy (non-hydrogen) atoms. The summed E-state index contributed by atoms with van der Waals surface area (Å²) < 4.78 is 30.3. The third kappa shape index (κ3) is 10.7. The molecule has 0 spiro atoms. The second-order valence-corrected chi connectivity index (χ2v) is 18.8. The van der Waals surface area contributed by atoms with E-state index in [1.165, 1.54) is 15.6 Å². The molecule has 0 unspecified atom stereocenters. The number of aliphatic hydroxyl groups is 1. The lowest BCUT2D eigenvalue weighted by molar-refractivity contribution is -0.133. The molecule has 0 saturated carbocycles. The lowest BCUT2D eigenvalue weighted by Crippen LogP contribution is -2.61. The molecule has 0 saturated heterocycles. The maximum atomic E-state index is 14.2. The Morgan fingerprint density at radius 2 is 1.48 bits per heavy atom. The molecule has 10 nitrogen and oxygen atoms in total. The Morgan fingerprint density at radius 1 is 0.865 bits per heavy atom. The van der Waals surface area contributed by atoms with Crippen molar-refractivity contribution in [3.8, 4) is 0 Å². The van der Waals surface area contributed by atoms with Crippen molar-refractivity contribution in [1.82, 2.24) is 25.2 Å². The lowest BCUT2D eigenvalue weighted by Gasteiger charge is -2.36. The third-order valence-corrected chi connectivity index (χ3v) is 11.8. The zero-order chi connectivity index (χ0) is 38.4. The SMILES string of the molecule is Cc1nc2ccc(S(=O)(=O)N(CC(C)C)C[C@@H](O)[C@H](Cc3ccccc3)NC(=O)[C@@H](NC(=O)[C@@H](C)NC(C)(C)c3ccccc3)C(C)(C)C)cc2s1. The minimum atomic E-state index is -4.03. The van der Waals surface area contributed by atoms with Crippen LogP contribution in [0.2, 0.25) is 0 Å². The summed E-state index contributed by atoms with van der Waals surface area (Å²) in [6.45, 7) is 17.0. The lowest BCUT2D eigenvalue weighted by atomic mass is 9.85. The first-order valence-electron chi connectivity index (χ1n) is 17.8. The number of amides is 2. The number of nitrogens with one attached hydrogen (secondary N) is 3. The number of aryl methyl sites for hydroxylation is 1. The molecule has 282 valence electrons. The van der Waals surface area contributed by atoms with Crippen LogP contribution in [-0.2, 0) is 31.6 Å². The largest absolute Gasteiger partial charge is 0.390 e. The van der Waals surface area contributed by atoms with Crippen LogP contribution in [0.3, 0.4) is 0 Å². The second-order valence-electron chi connectivity index (χ2n) is 15.6. The highest BCUT2D eigenvalue weighted by Crippen LogP contribution is 2.28. The van der Waals surface area contributed by atoms with Gasteiger partial charge in [0.1, 0.15) is 6.04 Å². The van der Waals surface area contributed by atoms with Crippen LogP contribution in [0.15, 0.2) is 83.8 Å². The average molecular weight is 750 g/mol. The standard InChI is InChI=1S/C40H55N5O5S2/c1-26(2)24-45(52(49,50)31-20-21-32-35(23-31)51-28(4)41-32)25-34(46)33(22-29-16-12-10-13-17-29)42-38(48)36(39(5,6)7)43-37(47)27(3)44-40(8,9)30-18-14-11-15-19-30/h10-21,23,26-27,33-34,36,44,46H,22,24-25H2,1-9H3,(H,42,48)(H,43,47)/t27-,33+,34-,36-/m1/s1. The van der Waals surface area contributed by atoms with E-state index in [4.69, 9.17) is 0 Å². The van der Waals surface area contributed by atoms with Gasteiger partial charge in [-0.1, -0.05) is 95.3 Å². The van der Waals surface area contributed by atoms with Crippen molar-refractivity contribution in [2.24, 2.45) is 11.3 Å². The van der Waals surface area contributed by atoms with E-state index >= 15 is 0 Å². The van der Waals surface area contributed by atoms with Gasteiger partial charge < -0.3 is 15.7 Å². The number of sulfonamides is 1. The van der Waals surface area contributed by atoms with Crippen LogP contribution < -0.4 is 16.0 Å². The van der Waals surface area contributed by atoms with Crippen molar-refractivity contribution < 1.29 is 23.1 Å². The number of aliphatic hydroxyl groups excluding tert-OH is 1. The zero-order valence-electron chi connectivity index (χ0n) is 31.8. The molecule has 3 aromatic carbocycles. The van der Waals surface area contributed by atoms with Gasteiger partial charge in [-0.15, -0.1) is 11.3 Å². The molecule has 0 aliphatic heterocycles. The Bertz CT molecular complexity index is 1910. The Kier molecular flexibility index (Phi) is 13.4. The Balaban J connectivity index is 1.58. The van der Waals surface area contributed by atoms with E-state index in [2.05, 4.69) is 20.9 Å². The molecule has 4 aromatic rings. The molecular weight excluding hydrogens is 695 g/mol. The highest BCUT2D eigenvalue weighted by Gasteiger charge is 2.38. The molecule has 4 N–H and O–H groups in total. The van der Waals surface area contributed by atoms with Crippen LogP contribution in [0.4, 0.5) is 0 Å². The van der Waals surface area contributed by atoms with E-state index in [-0.39, 0.29) is 36.2 Å². The summed E-state index contributed by atoms with van der Waals surface area (Å²) in [7, 11) is -4.03. The van der Waals surface area contributed by atoms with Gasteiger partial charge in [0.05, 0.1) is 38.3 Å². The number of carbonyl (C=O) groups excluding carboxylic acids is 2. The molecule has 0 fully saturated rings. The monoisotopic (exact) mass is 749 g/mol. The number of rotatable bonds is 16. The molecule has 2 amide bonds.